The summed E-state index contributed by atoms with van der Waals surface area (Å²) in [6, 6.07) is 0. The molecular weight excluding hydrogens is 464 g/mol. The highest BCUT2D eigenvalue weighted by atomic mass is 16.3. The average Bonchev–Trinajstić information content (AvgIpc) is 2.92. The molecule has 0 amide bonds. The molecule has 0 atom stereocenters. The molecule has 2 heteroatoms. The summed E-state index contributed by atoms with van der Waals surface area (Å²) in [7, 11) is 0. The van der Waals surface area contributed by atoms with Crippen molar-refractivity contribution in [2.75, 3.05) is 6.61 Å². The van der Waals surface area contributed by atoms with Crippen LogP contribution in [0.1, 0.15) is 219 Å². The molecule has 2 nitrogen and oxygen atoms in total. The van der Waals surface area contributed by atoms with Crippen LogP contribution in [-0.4, -0.2) is 16.8 Å². The highest BCUT2D eigenvalue weighted by Crippen LogP contribution is 2.19. The van der Waals surface area contributed by atoms with Gasteiger partial charge in [-0.2, -0.15) is 0 Å². The molecule has 1 radical (unpaired) electrons. The Kier molecular flexibility index (Phi) is 34.9. The Morgan fingerprint density at radius 1 is 0.316 bits per heavy atom. The van der Waals surface area contributed by atoms with Crippen LogP contribution in [0.4, 0.5) is 0 Å². The fourth-order valence-electron chi connectivity index (χ4n) is 5.74. The monoisotopic (exact) mass is 538 g/mol. The lowest BCUT2D eigenvalue weighted by atomic mass is 10.0. The molecule has 0 spiro atoms. The van der Waals surface area contributed by atoms with E-state index in [2.05, 4.69) is 6.92 Å². The van der Waals surface area contributed by atoms with Crippen molar-refractivity contribution < 1.29 is 10.2 Å². The first-order chi connectivity index (χ1) is 18.8. The number of hydrogen-bond donors (Lipinski definition) is 2. The van der Waals surface area contributed by atoms with Gasteiger partial charge in [-0.15, -0.1) is 0 Å². The Morgan fingerprint density at radius 2 is 0.526 bits per heavy atom. The Morgan fingerprint density at radius 3 is 0.763 bits per heavy atom. The lowest BCUT2D eigenvalue weighted by Gasteiger charge is -2.09. The zero-order valence-corrected chi connectivity index (χ0v) is 26.4. The molecule has 0 saturated heterocycles. The van der Waals surface area contributed by atoms with Crippen LogP contribution in [0.5, 0.6) is 0 Å². The summed E-state index contributed by atoms with van der Waals surface area (Å²) in [4.78, 5) is 0. The normalized spacial score (nSPS) is 11.7. The van der Waals surface area contributed by atoms with Crippen molar-refractivity contribution in [3.8, 4) is 0 Å². The molecule has 0 aliphatic carbocycles. The Hall–Kier alpha value is -0.0800. The van der Waals surface area contributed by atoms with Crippen molar-refractivity contribution in [2.24, 2.45) is 0 Å². The molecule has 2 N–H and O–H groups in total. The molecule has 38 heavy (non-hydrogen) atoms. The van der Waals surface area contributed by atoms with Gasteiger partial charge in [0.2, 0.25) is 0 Å². The van der Waals surface area contributed by atoms with E-state index in [-0.39, 0.29) is 0 Å². The van der Waals surface area contributed by atoms with Gasteiger partial charge in [-0.1, -0.05) is 200 Å². The van der Waals surface area contributed by atoms with Crippen molar-refractivity contribution in [1.29, 1.82) is 0 Å². The van der Waals surface area contributed by atoms with E-state index in [9.17, 15) is 5.11 Å². The molecule has 0 bridgehead atoms. The lowest BCUT2D eigenvalue weighted by Crippen LogP contribution is -1.96. The first kappa shape index (κ1) is 37.9. The van der Waals surface area contributed by atoms with Gasteiger partial charge in [0, 0.05) is 6.61 Å². The number of hydrogen-bond acceptors (Lipinski definition) is 2. The maximum absolute atomic E-state index is 10.2. The summed E-state index contributed by atoms with van der Waals surface area (Å²) in [6.07, 6.45) is 45.0. The lowest BCUT2D eigenvalue weighted by molar-refractivity contribution is 0.257. The molecule has 0 aromatic heterocycles. The molecule has 229 valence electrons. The predicted octanol–water partition coefficient (Wildman–Crippen LogP) is 12.8. The fraction of sp³-hybridized carbons (Fsp3) is 0.972. The molecule has 0 fully saturated rings. The summed E-state index contributed by atoms with van der Waals surface area (Å²) in [5.41, 5.74) is 0. The minimum atomic E-state index is 0.362. The summed E-state index contributed by atoms with van der Waals surface area (Å²) in [6.45, 7) is 2.66. The van der Waals surface area contributed by atoms with Crippen molar-refractivity contribution in [2.45, 2.75) is 219 Å². The van der Waals surface area contributed by atoms with Crippen molar-refractivity contribution in [1.82, 2.24) is 0 Å². The second kappa shape index (κ2) is 34.9. The number of aliphatic hydroxyl groups is 2. The zero-order chi connectivity index (χ0) is 27.6. The molecule has 0 aliphatic heterocycles. The van der Waals surface area contributed by atoms with Gasteiger partial charge in [0.05, 0.1) is 6.10 Å². The van der Waals surface area contributed by atoms with Crippen LogP contribution in [0.2, 0.25) is 0 Å². The average molecular weight is 538 g/mol. The standard InChI is InChI=1S/C36H73O2/c1-2-3-4-5-6-7-8-9-10-12-15-18-21-24-27-30-33-36(38)34-31-28-25-22-19-16-13-11-14-17-20-23-26-29-32-35-37/h37-38H,2-35H2,1H3. The summed E-state index contributed by atoms with van der Waals surface area (Å²) in [5.74, 6) is 0. The highest BCUT2D eigenvalue weighted by Gasteiger charge is 2.05. The van der Waals surface area contributed by atoms with E-state index >= 15 is 0 Å². The third-order valence-corrected chi connectivity index (χ3v) is 8.44. The second-order valence-electron chi connectivity index (χ2n) is 12.4. The van der Waals surface area contributed by atoms with E-state index in [4.69, 9.17) is 5.11 Å². The van der Waals surface area contributed by atoms with Gasteiger partial charge in [-0.05, 0) is 19.3 Å². The van der Waals surface area contributed by atoms with E-state index in [1.807, 2.05) is 0 Å². The van der Waals surface area contributed by atoms with Crippen LogP contribution in [0.15, 0.2) is 0 Å². The number of aliphatic hydroxyl groups excluding tert-OH is 2. The van der Waals surface area contributed by atoms with Crippen LogP contribution in [0, 0.1) is 6.10 Å². The SMILES string of the molecule is CCCCCCCCCCCCCCCCCC[C](O)CCCCCCCCCCCCCCCCCO. The smallest absolute Gasteiger partial charge is 0.0933 e. The van der Waals surface area contributed by atoms with Gasteiger partial charge in [0.25, 0.3) is 0 Å². The summed E-state index contributed by atoms with van der Waals surface area (Å²) < 4.78 is 0. The van der Waals surface area contributed by atoms with E-state index < -0.39 is 0 Å². The molecule has 0 rings (SSSR count). The van der Waals surface area contributed by atoms with Crippen LogP contribution in [0.3, 0.4) is 0 Å². The predicted molar refractivity (Wildman–Crippen MR) is 170 cm³/mol. The minimum absolute atomic E-state index is 0.362. The topological polar surface area (TPSA) is 40.5 Å². The maximum atomic E-state index is 10.2. The summed E-state index contributed by atoms with van der Waals surface area (Å²) in [5, 5.41) is 19.0. The van der Waals surface area contributed by atoms with E-state index in [0.717, 1.165) is 25.4 Å². The van der Waals surface area contributed by atoms with Crippen LogP contribution >= 0.6 is 0 Å². The third-order valence-electron chi connectivity index (χ3n) is 8.44. The number of unbranched alkanes of at least 4 members (excludes halogenated alkanes) is 29. The van der Waals surface area contributed by atoms with Crippen LogP contribution in [0.25, 0.3) is 0 Å². The zero-order valence-electron chi connectivity index (χ0n) is 26.4. The highest BCUT2D eigenvalue weighted by molar-refractivity contribution is 4.74. The van der Waals surface area contributed by atoms with Gasteiger partial charge in [-0.25, -0.2) is 0 Å². The molecule has 0 aromatic carbocycles. The van der Waals surface area contributed by atoms with E-state index in [1.165, 1.54) is 193 Å². The largest absolute Gasteiger partial charge is 0.396 e. The van der Waals surface area contributed by atoms with Crippen LogP contribution < -0.4 is 0 Å². The molecular formula is C36H73O2. The Balaban J connectivity index is 3.13. The minimum Gasteiger partial charge on any atom is -0.396 e. The van der Waals surface area contributed by atoms with Crippen molar-refractivity contribution in [3.05, 3.63) is 6.10 Å². The van der Waals surface area contributed by atoms with Gasteiger partial charge >= 0.3 is 0 Å². The molecule has 0 aromatic rings. The van der Waals surface area contributed by atoms with Crippen molar-refractivity contribution >= 4 is 0 Å². The fourth-order valence-corrected chi connectivity index (χ4v) is 5.74. The van der Waals surface area contributed by atoms with Gasteiger partial charge in [0.1, 0.15) is 0 Å². The Bertz CT molecular complexity index is 361. The van der Waals surface area contributed by atoms with Crippen molar-refractivity contribution in [3.63, 3.8) is 0 Å². The van der Waals surface area contributed by atoms with Crippen LogP contribution in [-0.2, 0) is 0 Å². The molecule has 0 heterocycles. The molecule has 0 aliphatic rings. The van der Waals surface area contributed by atoms with Gasteiger partial charge in [0.15, 0.2) is 0 Å². The number of rotatable bonds is 34. The van der Waals surface area contributed by atoms with E-state index in [1.54, 1.807) is 0 Å². The molecule has 0 unspecified atom stereocenters. The van der Waals surface area contributed by atoms with E-state index in [0.29, 0.717) is 6.61 Å². The quantitative estimate of drug-likeness (QED) is 0.0801. The third kappa shape index (κ3) is 33.9. The second-order valence-corrected chi connectivity index (χ2v) is 12.4. The van der Waals surface area contributed by atoms with Gasteiger partial charge < -0.3 is 10.2 Å². The first-order valence-corrected chi connectivity index (χ1v) is 18.0. The first-order valence-electron chi connectivity index (χ1n) is 18.0. The summed E-state index contributed by atoms with van der Waals surface area (Å²) >= 11 is 0. The maximum Gasteiger partial charge on any atom is 0.0933 e. The molecule has 0 saturated carbocycles. The Labute approximate surface area is 241 Å². The van der Waals surface area contributed by atoms with Gasteiger partial charge in [-0.3, -0.25) is 0 Å².